The van der Waals surface area contributed by atoms with Crippen molar-refractivity contribution in [2.24, 2.45) is 0 Å². The Morgan fingerprint density at radius 2 is 1.85 bits per heavy atom. The third kappa shape index (κ3) is 3.81. The van der Waals surface area contributed by atoms with Crippen molar-refractivity contribution in [1.82, 2.24) is 0 Å². The summed E-state index contributed by atoms with van der Waals surface area (Å²) in [6.45, 7) is 1.15. The molecule has 0 aliphatic heterocycles. The topological polar surface area (TPSA) is 126 Å². The Balaban J connectivity index is 2.24. The summed E-state index contributed by atoms with van der Waals surface area (Å²) in [4.78, 5) is 49.1. The van der Waals surface area contributed by atoms with Crippen molar-refractivity contribution >= 4 is 55.5 Å². The lowest BCUT2D eigenvalue weighted by Gasteiger charge is -2.17. The number of benzene rings is 3. The Kier molecular flexibility index (Phi) is 6.16. The molecule has 0 N–H and O–H groups in total. The predicted octanol–water partition coefficient (Wildman–Crippen LogP) is 5.13. The summed E-state index contributed by atoms with van der Waals surface area (Å²) in [6, 6.07) is 12.2. The molecular weight excluding hydrogens is 510 g/mol. The number of fused-ring (bicyclic) bond motifs is 2. The van der Waals surface area contributed by atoms with E-state index in [4.69, 9.17) is 13.9 Å². The molecular formula is C24H16BrNO8. The van der Waals surface area contributed by atoms with E-state index < -0.39 is 28.0 Å². The molecule has 0 spiro atoms. The summed E-state index contributed by atoms with van der Waals surface area (Å²) in [5.41, 5.74) is -0.299. The molecule has 0 bridgehead atoms. The van der Waals surface area contributed by atoms with Gasteiger partial charge < -0.3 is 13.9 Å². The molecule has 0 aliphatic rings. The van der Waals surface area contributed by atoms with E-state index in [1.54, 1.807) is 30.3 Å². The summed E-state index contributed by atoms with van der Waals surface area (Å²) in [7, 11) is 1.11. The molecule has 0 aliphatic carbocycles. The van der Waals surface area contributed by atoms with E-state index in [0.29, 0.717) is 11.1 Å². The number of alkyl halides is 1. The number of carbonyl (C=O) groups is 2. The van der Waals surface area contributed by atoms with Crippen LogP contribution in [0.1, 0.15) is 22.8 Å². The second-order valence-corrected chi connectivity index (χ2v) is 7.78. The second kappa shape index (κ2) is 9.06. The van der Waals surface area contributed by atoms with Crippen LogP contribution in [0.4, 0.5) is 5.69 Å². The summed E-state index contributed by atoms with van der Waals surface area (Å²) < 4.78 is 16.1. The third-order valence-electron chi connectivity index (χ3n) is 5.19. The molecule has 4 rings (SSSR count). The maximum Gasteiger partial charge on any atom is 0.344 e. The molecule has 0 radical (unpaired) electrons. The molecule has 0 fully saturated rings. The van der Waals surface area contributed by atoms with Gasteiger partial charge in [0.1, 0.15) is 22.1 Å². The smallest absolute Gasteiger partial charge is 0.344 e. The average molecular weight is 526 g/mol. The van der Waals surface area contributed by atoms with Crippen LogP contribution in [-0.2, 0) is 14.9 Å². The number of nitro groups is 1. The van der Waals surface area contributed by atoms with Crippen LogP contribution in [0.3, 0.4) is 0 Å². The van der Waals surface area contributed by atoms with Gasteiger partial charge in [0.15, 0.2) is 5.75 Å². The molecule has 1 heterocycles. The van der Waals surface area contributed by atoms with E-state index in [2.05, 4.69) is 15.9 Å². The highest BCUT2D eigenvalue weighted by Crippen LogP contribution is 2.45. The van der Waals surface area contributed by atoms with Crippen LogP contribution in [0.15, 0.2) is 57.7 Å². The van der Waals surface area contributed by atoms with Crippen molar-refractivity contribution in [1.29, 1.82) is 0 Å². The van der Waals surface area contributed by atoms with Crippen LogP contribution in [0.2, 0.25) is 0 Å². The van der Waals surface area contributed by atoms with Crippen molar-refractivity contribution in [3.63, 3.8) is 0 Å². The zero-order valence-electron chi connectivity index (χ0n) is 17.9. The molecule has 0 saturated carbocycles. The fourth-order valence-corrected chi connectivity index (χ4v) is 4.28. The molecule has 0 amide bonds. The van der Waals surface area contributed by atoms with Crippen LogP contribution in [0, 0.1) is 10.1 Å². The lowest BCUT2D eigenvalue weighted by atomic mass is 9.93. The van der Waals surface area contributed by atoms with Gasteiger partial charge in [0.25, 0.3) is 5.69 Å². The van der Waals surface area contributed by atoms with Gasteiger partial charge >= 0.3 is 11.9 Å². The summed E-state index contributed by atoms with van der Waals surface area (Å²) in [5.74, 6) is -1.84. The van der Waals surface area contributed by atoms with Crippen LogP contribution in [-0.4, -0.2) is 24.0 Å². The predicted molar refractivity (Wildman–Crippen MR) is 127 cm³/mol. The number of ether oxygens (including phenoxy) is 2. The van der Waals surface area contributed by atoms with E-state index in [1.165, 1.54) is 18.2 Å². The number of hydrogen-bond acceptors (Lipinski definition) is 8. The van der Waals surface area contributed by atoms with Gasteiger partial charge in [0, 0.05) is 17.8 Å². The van der Waals surface area contributed by atoms with Gasteiger partial charge in [-0.3, -0.25) is 19.7 Å². The Bertz CT molecular complexity index is 1560. The van der Waals surface area contributed by atoms with Gasteiger partial charge in [-0.2, -0.15) is 0 Å². The standard InChI is InChI=1S/C24H16BrNO8/c1-12(27)33-23-19(15-7-5-8-16(24(29)32-2)21(15)26(30)31)13(11-25)10-18-20(23)22(28)14-6-3-4-9-17(14)34-18/h3-10H,11H2,1-2H3. The Morgan fingerprint density at radius 1 is 1.12 bits per heavy atom. The SMILES string of the molecule is COC(=O)c1cccc(-c2c(CBr)cc3oc4ccccc4c(=O)c3c2OC(C)=O)c1[N+](=O)[O-]. The summed E-state index contributed by atoms with van der Waals surface area (Å²) >= 11 is 3.36. The highest BCUT2D eigenvalue weighted by atomic mass is 79.9. The van der Waals surface area contributed by atoms with E-state index >= 15 is 0 Å². The van der Waals surface area contributed by atoms with Crippen LogP contribution in [0.5, 0.6) is 5.75 Å². The first kappa shape index (κ1) is 23.1. The summed E-state index contributed by atoms with van der Waals surface area (Å²) in [6.07, 6.45) is 0. The van der Waals surface area contributed by atoms with Gasteiger partial charge in [-0.1, -0.05) is 34.1 Å². The van der Waals surface area contributed by atoms with E-state index in [-0.39, 0.29) is 44.1 Å². The Morgan fingerprint density at radius 3 is 2.50 bits per heavy atom. The van der Waals surface area contributed by atoms with E-state index in [1.807, 2.05) is 0 Å². The molecule has 1 aromatic heterocycles. The zero-order valence-corrected chi connectivity index (χ0v) is 19.5. The number of halogens is 1. The molecule has 4 aromatic rings. The molecule has 0 atom stereocenters. The minimum absolute atomic E-state index is 0.0203. The van der Waals surface area contributed by atoms with E-state index in [0.717, 1.165) is 14.0 Å². The third-order valence-corrected chi connectivity index (χ3v) is 5.79. The largest absolute Gasteiger partial charge is 0.465 e. The minimum Gasteiger partial charge on any atom is -0.465 e. The fourth-order valence-electron chi connectivity index (χ4n) is 3.84. The van der Waals surface area contributed by atoms with Gasteiger partial charge in [-0.15, -0.1) is 0 Å². The lowest BCUT2D eigenvalue weighted by molar-refractivity contribution is -0.384. The molecule has 3 aromatic carbocycles. The lowest BCUT2D eigenvalue weighted by Crippen LogP contribution is -2.12. The van der Waals surface area contributed by atoms with Crippen molar-refractivity contribution < 1.29 is 28.4 Å². The maximum absolute atomic E-state index is 13.4. The van der Waals surface area contributed by atoms with E-state index in [9.17, 15) is 24.5 Å². The molecule has 34 heavy (non-hydrogen) atoms. The number of esters is 2. The van der Waals surface area contributed by atoms with Gasteiger partial charge in [-0.25, -0.2) is 4.79 Å². The number of methoxy groups -OCH3 is 1. The van der Waals surface area contributed by atoms with Crippen molar-refractivity contribution in [3.8, 4) is 16.9 Å². The summed E-state index contributed by atoms with van der Waals surface area (Å²) in [5, 5.41) is 12.4. The molecule has 0 unspecified atom stereocenters. The number of carbonyl (C=O) groups excluding carboxylic acids is 2. The normalized spacial score (nSPS) is 10.9. The first-order valence-corrected chi connectivity index (χ1v) is 11.0. The monoisotopic (exact) mass is 525 g/mol. The minimum atomic E-state index is -0.908. The zero-order chi connectivity index (χ0) is 24.6. The van der Waals surface area contributed by atoms with Crippen molar-refractivity contribution in [2.45, 2.75) is 12.3 Å². The Hall–Kier alpha value is -4.05. The van der Waals surface area contributed by atoms with Gasteiger partial charge in [0.2, 0.25) is 5.43 Å². The molecule has 0 saturated heterocycles. The highest BCUT2D eigenvalue weighted by molar-refractivity contribution is 9.08. The molecule has 172 valence electrons. The number of nitrogens with zero attached hydrogens (tertiary/aromatic N) is 1. The van der Waals surface area contributed by atoms with Crippen LogP contribution >= 0.6 is 15.9 Å². The van der Waals surface area contributed by atoms with Crippen LogP contribution in [0.25, 0.3) is 33.1 Å². The number of para-hydroxylation sites is 2. The number of hydrogen-bond donors (Lipinski definition) is 0. The number of nitro benzene ring substituents is 1. The molecule has 9 nitrogen and oxygen atoms in total. The number of rotatable bonds is 5. The first-order chi connectivity index (χ1) is 16.3. The maximum atomic E-state index is 13.4. The van der Waals surface area contributed by atoms with Crippen molar-refractivity contribution in [2.75, 3.05) is 7.11 Å². The fraction of sp³-hybridized carbons (Fsp3) is 0.125. The average Bonchev–Trinajstić information content (AvgIpc) is 2.82. The van der Waals surface area contributed by atoms with Gasteiger partial charge in [-0.05, 0) is 35.9 Å². The Labute approximate surface area is 200 Å². The first-order valence-electron chi connectivity index (χ1n) is 9.90. The molecule has 10 heteroatoms. The highest BCUT2D eigenvalue weighted by Gasteiger charge is 2.31. The quantitative estimate of drug-likeness (QED) is 0.0875. The van der Waals surface area contributed by atoms with Gasteiger partial charge in [0.05, 0.1) is 23.0 Å². The van der Waals surface area contributed by atoms with Crippen molar-refractivity contribution in [3.05, 3.63) is 80.0 Å². The second-order valence-electron chi connectivity index (χ2n) is 7.22. The van der Waals surface area contributed by atoms with Crippen LogP contribution < -0.4 is 10.2 Å².